The van der Waals surface area contributed by atoms with E-state index >= 15 is 0 Å². The van der Waals surface area contributed by atoms with Gasteiger partial charge in [0.2, 0.25) is 0 Å². The number of hydrogen-bond donors (Lipinski definition) is 1. The molecule has 0 fully saturated rings. The normalized spacial score (nSPS) is 12.9. The number of fused-ring (bicyclic) bond motifs is 1. The Morgan fingerprint density at radius 1 is 1.05 bits per heavy atom. The maximum atomic E-state index is 13.2. The first kappa shape index (κ1) is 26.5. The summed E-state index contributed by atoms with van der Waals surface area (Å²) in [6, 6.07) is 14.2. The maximum Gasteiger partial charge on any atom is 0.252 e. The third-order valence-corrected chi connectivity index (χ3v) is 7.51. The Morgan fingerprint density at radius 3 is 2.41 bits per heavy atom. The van der Waals surface area contributed by atoms with Crippen molar-refractivity contribution in [1.29, 1.82) is 0 Å². The van der Waals surface area contributed by atoms with Crippen molar-refractivity contribution in [2.75, 3.05) is 7.11 Å². The number of ether oxygens (including phenoxy) is 1. The van der Waals surface area contributed by atoms with Crippen molar-refractivity contribution in [2.24, 2.45) is 0 Å². The van der Waals surface area contributed by atoms with Crippen molar-refractivity contribution in [1.82, 2.24) is 30.1 Å². The fourth-order valence-corrected chi connectivity index (χ4v) is 4.69. The molecule has 2 heterocycles. The van der Waals surface area contributed by atoms with E-state index in [1.54, 1.807) is 7.11 Å². The van der Waals surface area contributed by atoms with Crippen molar-refractivity contribution in [3.8, 4) is 5.75 Å². The molecule has 4 aromatic rings. The molecule has 0 aliphatic carbocycles. The average molecular weight is 503 g/mol. The lowest BCUT2D eigenvalue weighted by Crippen LogP contribution is -2.36. The zero-order chi connectivity index (χ0) is 26.7. The van der Waals surface area contributed by atoms with E-state index in [-0.39, 0.29) is 17.1 Å². The molecule has 37 heavy (non-hydrogen) atoms. The maximum absolute atomic E-state index is 13.2. The Hall–Kier alpha value is -3.52. The predicted molar refractivity (Wildman–Crippen MR) is 147 cm³/mol. The minimum Gasteiger partial charge on any atom is -0.497 e. The fraction of sp³-hybridized carbons (Fsp3) is 0.448. The number of H-pyrrole nitrogens is 1. The van der Waals surface area contributed by atoms with E-state index in [9.17, 15) is 4.79 Å². The van der Waals surface area contributed by atoms with E-state index in [0.717, 1.165) is 52.0 Å². The molecule has 0 bridgehead atoms. The van der Waals surface area contributed by atoms with Gasteiger partial charge in [-0.25, -0.2) is 4.68 Å². The van der Waals surface area contributed by atoms with Crippen LogP contribution in [0.3, 0.4) is 0 Å². The number of benzene rings is 2. The second-order valence-electron chi connectivity index (χ2n) is 10.4. The highest BCUT2D eigenvalue weighted by Crippen LogP contribution is 2.30. The minimum atomic E-state index is -0.228. The summed E-state index contributed by atoms with van der Waals surface area (Å²) in [7, 11) is 1.67. The van der Waals surface area contributed by atoms with Gasteiger partial charge in [0.1, 0.15) is 5.75 Å². The molecule has 8 nitrogen and oxygen atoms in total. The molecule has 0 spiro atoms. The Kier molecular flexibility index (Phi) is 7.78. The van der Waals surface area contributed by atoms with Crippen LogP contribution in [0.1, 0.15) is 74.7 Å². The van der Waals surface area contributed by atoms with Crippen molar-refractivity contribution in [3.63, 3.8) is 0 Å². The molecule has 0 saturated carbocycles. The van der Waals surface area contributed by atoms with Crippen LogP contribution in [0, 0.1) is 13.8 Å². The number of nitrogens with zero attached hydrogens (tertiary/aromatic N) is 5. The van der Waals surface area contributed by atoms with E-state index in [1.807, 2.05) is 28.9 Å². The number of pyridine rings is 1. The number of aryl methyl sites for hydroxylation is 2. The van der Waals surface area contributed by atoms with Gasteiger partial charge in [0, 0.05) is 24.2 Å². The van der Waals surface area contributed by atoms with Gasteiger partial charge in [0.15, 0.2) is 5.82 Å². The summed E-state index contributed by atoms with van der Waals surface area (Å²) in [6.45, 7) is 13.8. The van der Waals surface area contributed by atoms with Gasteiger partial charge in [-0.2, -0.15) is 0 Å². The first-order valence-electron chi connectivity index (χ1n) is 13.0. The Morgan fingerprint density at radius 2 is 1.76 bits per heavy atom. The zero-order valence-corrected chi connectivity index (χ0v) is 23.0. The number of aromatic nitrogens is 5. The average Bonchev–Trinajstić information content (AvgIpc) is 3.37. The number of rotatable bonds is 10. The molecule has 4 rings (SSSR count). The molecule has 1 N–H and O–H groups in total. The van der Waals surface area contributed by atoms with Gasteiger partial charge < -0.3 is 9.72 Å². The molecule has 196 valence electrons. The van der Waals surface area contributed by atoms with Gasteiger partial charge >= 0.3 is 0 Å². The number of nitrogens with one attached hydrogen (secondary N) is 1. The molecular weight excluding hydrogens is 464 g/mol. The number of aromatic amines is 1. The first-order chi connectivity index (χ1) is 17.7. The van der Waals surface area contributed by atoms with Crippen LogP contribution in [0.5, 0.6) is 5.75 Å². The largest absolute Gasteiger partial charge is 0.497 e. The van der Waals surface area contributed by atoms with Gasteiger partial charge in [-0.05, 0) is 103 Å². The quantitative estimate of drug-likeness (QED) is 0.311. The van der Waals surface area contributed by atoms with Gasteiger partial charge in [0.25, 0.3) is 5.56 Å². The van der Waals surface area contributed by atoms with Gasteiger partial charge in [-0.3, -0.25) is 9.69 Å². The topological polar surface area (TPSA) is 88.9 Å². The van der Waals surface area contributed by atoms with E-state index < -0.39 is 0 Å². The molecular formula is C29H38N6O2. The Balaban J connectivity index is 1.78. The number of tetrazole rings is 1. The first-order valence-corrected chi connectivity index (χ1v) is 13.0. The zero-order valence-electron chi connectivity index (χ0n) is 23.0. The van der Waals surface area contributed by atoms with Gasteiger partial charge in [-0.1, -0.05) is 26.0 Å². The SMILES string of the molecule is CC[C@@H](c1nnnn1C(C)(C)CC)N(Cc1ccc(OC)cc1)Cc1cc2cc(C)c(C)cc2[nH]c1=O. The third-order valence-electron chi connectivity index (χ3n) is 7.51. The summed E-state index contributed by atoms with van der Waals surface area (Å²) >= 11 is 0. The highest BCUT2D eigenvalue weighted by molar-refractivity contribution is 5.80. The summed E-state index contributed by atoms with van der Waals surface area (Å²) in [5.41, 5.74) is 4.76. The van der Waals surface area contributed by atoms with Crippen molar-refractivity contribution >= 4 is 10.9 Å². The lowest BCUT2D eigenvalue weighted by molar-refractivity contribution is 0.150. The van der Waals surface area contributed by atoms with Crippen LogP contribution >= 0.6 is 0 Å². The molecule has 8 heteroatoms. The van der Waals surface area contributed by atoms with E-state index in [1.165, 1.54) is 5.56 Å². The molecule has 0 unspecified atom stereocenters. The summed E-state index contributed by atoms with van der Waals surface area (Å²) < 4.78 is 7.29. The monoisotopic (exact) mass is 502 g/mol. The molecule has 2 aromatic heterocycles. The number of hydrogen-bond acceptors (Lipinski definition) is 6. The second kappa shape index (κ2) is 10.8. The Labute approximate surface area is 218 Å². The van der Waals surface area contributed by atoms with Crippen LogP contribution in [0.2, 0.25) is 0 Å². The van der Waals surface area contributed by atoms with E-state index in [2.05, 4.69) is 85.2 Å². The summed E-state index contributed by atoms with van der Waals surface area (Å²) in [5.74, 6) is 1.62. The van der Waals surface area contributed by atoms with Crippen LogP contribution in [0.4, 0.5) is 0 Å². The minimum absolute atomic E-state index is 0.0705. The van der Waals surface area contributed by atoms with Gasteiger partial charge in [0.05, 0.1) is 18.7 Å². The van der Waals surface area contributed by atoms with Crippen LogP contribution in [0.15, 0.2) is 47.3 Å². The smallest absolute Gasteiger partial charge is 0.252 e. The lowest BCUT2D eigenvalue weighted by Gasteiger charge is -2.33. The van der Waals surface area contributed by atoms with E-state index in [0.29, 0.717) is 13.1 Å². The second-order valence-corrected chi connectivity index (χ2v) is 10.4. The number of methoxy groups -OCH3 is 1. The third kappa shape index (κ3) is 5.59. The Bertz CT molecular complexity index is 1420. The van der Waals surface area contributed by atoms with Crippen LogP contribution in [-0.4, -0.2) is 37.2 Å². The van der Waals surface area contributed by atoms with E-state index in [4.69, 9.17) is 4.74 Å². The van der Waals surface area contributed by atoms with Crippen LogP contribution in [-0.2, 0) is 18.6 Å². The van der Waals surface area contributed by atoms with Crippen molar-refractivity contribution in [2.45, 2.75) is 79.1 Å². The summed E-state index contributed by atoms with van der Waals surface area (Å²) in [6.07, 6.45) is 1.68. The van der Waals surface area contributed by atoms with Crippen molar-refractivity contribution < 1.29 is 4.74 Å². The fourth-order valence-electron chi connectivity index (χ4n) is 4.69. The standard InChI is InChI=1S/C29H38N6O2/c1-8-26(27-31-32-33-35(27)29(5,6)9-2)34(17-21-10-12-24(37-7)13-11-21)18-23-16-22-14-19(3)20(4)15-25(22)30-28(23)36/h10-16,26H,8-9,17-18H2,1-7H3,(H,30,36)/t26-/m0/s1. The van der Waals surface area contributed by atoms with Crippen molar-refractivity contribution in [3.05, 3.63) is 80.9 Å². The molecule has 0 aliphatic heterocycles. The summed E-state index contributed by atoms with van der Waals surface area (Å²) in [4.78, 5) is 18.6. The molecule has 0 radical (unpaired) electrons. The molecule has 0 aliphatic rings. The molecule has 1 atom stereocenters. The molecule has 0 saturated heterocycles. The highest BCUT2D eigenvalue weighted by Gasteiger charge is 2.31. The van der Waals surface area contributed by atoms with Crippen LogP contribution in [0.25, 0.3) is 10.9 Å². The van der Waals surface area contributed by atoms with Crippen LogP contribution < -0.4 is 10.3 Å². The molecule has 0 amide bonds. The summed E-state index contributed by atoms with van der Waals surface area (Å²) in [5, 5.41) is 13.9. The lowest BCUT2D eigenvalue weighted by atomic mass is 10.0. The van der Waals surface area contributed by atoms with Gasteiger partial charge in [-0.15, -0.1) is 5.10 Å². The molecule has 2 aromatic carbocycles. The predicted octanol–water partition coefficient (Wildman–Crippen LogP) is 5.44. The highest BCUT2D eigenvalue weighted by atomic mass is 16.5.